The number of hydrogen-bond donors (Lipinski definition) is 2. The Kier molecular flexibility index (Phi) is 6.20. The van der Waals surface area contributed by atoms with Gasteiger partial charge in [0.25, 0.3) is 5.91 Å². The number of methoxy groups -OCH3 is 1. The number of hydrazone groups is 1. The largest absolute Gasteiger partial charge is 0.507 e. The van der Waals surface area contributed by atoms with Gasteiger partial charge in [0.05, 0.1) is 13.3 Å². The minimum atomic E-state index is -0.427. The number of benzene rings is 2. The van der Waals surface area contributed by atoms with Crippen LogP contribution in [0.5, 0.6) is 17.2 Å². The van der Waals surface area contributed by atoms with E-state index in [-0.39, 0.29) is 12.4 Å². The number of hydrogen-bond acceptors (Lipinski definition) is 5. The molecule has 0 aliphatic heterocycles. The van der Waals surface area contributed by atoms with Crippen LogP contribution < -0.4 is 14.9 Å². The summed E-state index contributed by atoms with van der Waals surface area (Å²) < 4.78 is 11.4. The lowest BCUT2D eigenvalue weighted by atomic mass is 10.1. The first-order valence-electron chi connectivity index (χ1n) is 7.08. The van der Waals surface area contributed by atoms with E-state index in [1.807, 2.05) is 0 Å². The van der Waals surface area contributed by atoms with E-state index >= 15 is 0 Å². The normalized spacial score (nSPS) is 10.6. The van der Waals surface area contributed by atoms with Crippen LogP contribution in [0.3, 0.4) is 0 Å². The van der Waals surface area contributed by atoms with E-state index in [2.05, 4.69) is 26.5 Å². The standard InChI is InChI=1S/C17H17BrN2O4/c1-11-4-3-5-12(17(11)22)9-19-20-16(21)10-24-14-7-6-13(18)8-15(14)23-2/h3-9,22H,10H2,1-2H3,(H,20,21). The summed E-state index contributed by atoms with van der Waals surface area (Å²) in [5.41, 5.74) is 3.59. The maximum atomic E-state index is 11.8. The quantitative estimate of drug-likeness (QED) is 0.584. The second-order valence-electron chi connectivity index (χ2n) is 4.89. The molecule has 0 aliphatic rings. The Morgan fingerprint density at radius 2 is 2.12 bits per heavy atom. The van der Waals surface area contributed by atoms with Gasteiger partial charge in [-0.05, 0) is 36.8 Å². The molecule has 2 N–H and O–H groups in total. The molecule has 2 rings (SSSR count). The Balaban J connectivity index is 1.90. The molecule has 1 amide bonds. The first-order chi connectivity index (χ1) is 11.5. The molecular formula is C17H17BrN2O4. The molecule has 2 aromatic rings. The summed E-state index contributed by atoms with van der Waals surface area (Å²) in [7, 11) is 1.52. The second kappa shape index (κ2) is 8.35. The van der Waals surface area contributed by atoms with Crippen LogP contribution in [-0.2, 0) is 4.79 Å². The third-order valence-electron chi connectivity index (χ3n) is 3.15. The number of ether oxygens (including phenoxy) is 2. The smallest absolute Gasteiger partial charge is 0.277 e. The number of amides is 1. The van der Waals surface area contributed by atoms with Crippen LogP contribution in [0.4, 0.5) is 0 Å². The lowest BCUT2D eigenvalue weighted by molar-refractivity contribution is -0.123. The Morgan fingerprint density at radius 1 is 1.33 bits per heavy atom. The molecule has 0 saturated heterocycles. The number of phenolic OH excluding ortho intramolecular Hbond substituents is 1. The molecule has 0 unspecified atom stereocenters. The van der Waals surface area contributed by atoms with Crippen LogP contribution in [0.1, 0.15) is 11.1 Å². The van der Waals surface area contributed by atoms with E-state index in [1.165, 1.54) is 13.3 Å². The topological polar surface area (TPSA) is 80.2 Å². The highest BCUT2D eigenvalue weighted by Gasteiger charge is 2.08. The van der Waals surface area contributed by atoms with Crippen LogP contribution >= 0.6 is 15.9 Å². The number of aromatic hydroxyl groups is 1. The van der Waals surface area contributed by atoms with Crippen molar-refractivity contribution in [2.75, 3.05) is 13.7 Å². The van der Waals surface area contributed by atoms with Gasteiger partial charge in [0.1, 0.15) is 5.75 Å². The highest BCUT2D eigenvalue weighted by Crippen LogP contribution is 2.30. The van der Waals surface area contributed by atoms with E-state index in [9.17, 15) is 9.90 Å². The predicted octanol–water partition coefficient (Wildman–Crippen LogP) is 3.00. The van der Waals surface area contributed by atoms with Crippen molar-refractivity contribution in [3.05, 3.63) is 52.0 Å². The number of carbonyl (C=O) groups excluding carboxylic acids is 1. The van der Waals surface area contributed by atoms with Gasteiger partial charge in [-0.2, -0.15) is 5.10 Å². The fourth-order valence-electron chi connectivity index (χ4n) is 1.90. The minimum Gasteiger partial charge on any atom is -0.507 e. The van der Waals surface area contributed by atoms with E-state index in [1.54, 1.807) is 43.3 Å². The van der Waals surface area contributed by atoms with Gasteiger partial charge in [-0.3, -0.25) is 4.79 Å². The summed E-state index contributed by atoms with van der Waals surface area (Å²) in [6, 6.07) is 10.5. The Labute approximate surface area is 148 Å². The molecule has 0 atom stereocenters. The third-order valence-corrected chi connectivity index (χ3v) is 3.64. The van der Waals surface area contributed by atoms with Crippen LogP contribution in [0.25, 0.3) is 0 Å². The summed E-state index contributed by atoms with van der Waals surface area (Å²) >= 11 is 3.33. The van der Waals surface area contributed by atoms with Crippen molar-refractivity contribution < 1.29 is 19.4 Å². The van der Waals surface area contributed by atoms with Crippen LogP contribution in [0.15, 0.2) is 46.0 Å². The minimum absolute atomic E-state index is 0.131. The molecule has 7 heteroatoms. The molecule has 24 heavy (non-hydrogen) atoms. The van der Waals surface area contributed by atoms with E-state index in [0.717, 1.165) is 10.0 Å². The number of phenols is 1. The second-order valence-corrected chi connectivity index (χ2v) is 5.81. The first-order valence-corrected chi connectivity index (χ1v) is 7.87. The number of carbonyl (C=O) groups is 1. The first kappa shape index (κ1) is 17.8. The van der Waals surface area contributed by atoms with Crippen LogP contribution in [-0.4, -0.2) is 30.9 Å². The van der Waals surface area contributed by atoms with Gasteiger partial charge >= 0.3 is 0 Å². The SMILES string of the molecule is COc1cc(Br)ccc1OCC(=O)NN=Cc1cccc(C)c1O. The van der Waals surface area contributed by atoms with Crippen molar-refractivity contribution in [2.45, 2.75) is 6.92 Å². The number of rotatable bonds is 6. The van der Waals surface area contributed by atoms with Gasteiger partial charge in [-0.25, -0.2) is 5.43 Å². The van der Waals surface area contributed by atoms with Crippen molar-refractivity contribution in [3.8, 4) is 17.2 Å². The van der Waals surface area contributed by atoms with Gasteiger partial charge in [0.2, 0.25) is 0 Å². The number of nitrogens with zero attached hydrogens (tertiary/aromatic N) is 1. The zero-order chi connectivity index (χ0) is 17.5. The van der Waals surface area contributed by atoms with Crippen molar-refractivity contribution in [1.29, 1.82) is 0 Å². The highest BCUT2D eigenvalue weighted by atomic mass is 79.9. The summed E-state index contributed by atoms with van der Waals surface area (Å²) in [6.45, 7) is 1.57. The number of para-hydroxylation sites is 1. The molecule has 0 bridgehead atoms. The Morgan fingerprint density at radius 3 is 2.88 bits per heavy atom. The molecule has 0 spiro atoms. The molecule has 0 heterocycles. The third kappa shape index (κ3) is 4.73. The molecule has 126 valence electrons. The predicted molar refractivity (Wildman–Crippen MR) is 94.8 cm³/mol. The summed E-state index contributed by atoms with van der Waals surface area (Å²) in [6.07, 6.45) is 1.38. The summed E-state index contributed by atoms with van der Waals surface area (Å²) in [5, 5.41) is 13.7. The molecule has 0 aliphatic carbocycles. The Hall–Kier alpha value is -2.54. The van der Waals surface area contributed by atoms with Gasteiger partial charge < -0.3 is 14.6 Å². The molecule has 6 nitrogen and oxygen atoms in total. The Bertz CT molecular complexity index is 762. The van der Waals surface area contributed by atoms with Crippen molar-refractivity contribution in [3.63, 3.8) is 0 Å². The van der Waals surface area contributed by atoms with Crippen LogP contribution in [0.2, 0.25) is 0 Å². The lowest BCUT2D eigenvalue weighted by Gasteiger charge is -2.10. The van der Waals surface area contributed by atoms with E-state index in [0.29, 0.717) is 17.1 Å². The fourth-order valence-corrected chi connectivity index (χ4v) is 2.24. The number of aryl methyl sites for hydroxylation is 1. The lowest BCUT2D eigenvalue weighted by Crippen LogP contribution is -2.24. The van der Waals surface area contributed by atoms with Crippen molar-refractivity contribution in [1.82, 2.24) is 5.43 Å². The van der Waals surface area contributed by atoms with Crippen LogP contribution in [0, 0.1) is 6.92 Å². The average Bonchev–Trinajstić information content (AvgIpc) is 2.57. The van der Waals surface area contributed by atoms with E-state index < -0.39 is 5.91 Å². The molecule has 2 aromatic carbocycles. The number of nitrogens with one attached hydrogen (secondary N) is 1. The highest BCUT2D eigenvalue weighted by molar-refractivity contribution is 9.10. The van der Waals surface area contributed by atoms with Gasteiger partial charge in [-0.1, -0.05) is 28.1 Å². The van der Waals surface area contributed by atoms with Crippen molar-refractivity contribution in [2.24, 2.45) is 5.10 Å². The molecule has 0 aromatic heterocycles. The monoisotopic (exact) mass is 392 g/mol. The maximum Gasteiger partial charge on any atom is 0.277 e. The molecule has 0 radical (unpaired) electrons. The average molecular weight is 393 g/mol. The van der Waals surface area contributed by atoms with Crippen molar-refractivity contribution >= 4 is 28.1 Å². The fraction of sp³-hybridized carbons (Fsp3) is 0.176. The maximum absolute atomic E-state index is 11.8. The van der Waals surface area contributed by atoms with E-state index in [4.69, 9.17) is 9.47 Å². The molecular weight excluding hydrogens is 376 g/mol. The molecule has 0 fully saturated rings. The summed E-state index contributed by atoms with van der Waals surface area (Å²) in [5.74, 6) is 0.677. The zero-order valence-electron chi connectivity index (χ0n) is 13.2. The summed E-state index contributed by atoms with van der Waals surface area (Å²) in [4.78, 5) is 11.8. The number of halogens is 1. The van der Waals surface area contributed by atoms with Gasteiger partial charge in [-0.15, -0.1) is 0 Å². The van der Waals surface area contributed by atoms with Gasteiger partial charge in [0.15, 0.2) is 18.1 Å². The van der Waals surface area contributed by atoms with Gasteiger partial charge in [0, 0.05) is 10.0 Å². The molecule has 0 saturated carbocycles. The zero-order valence-corrected chi connectivity index (χ0v) is 14.8.